The van der Waals surface area contributed by atoms with Crippen molar-refractivity contribution in [3.63, 3.8) is 0 Å². The van der Waals surface area contributed by atoms with Crippen LogP contribution in [-0.2, 0) is 16.2 Å². The predicted octanol–water partition coefficient (Wildman–Crippen LogP) is 4.75. The lowest BCUT2D eigenvalue weighted by molar-refractivity contribution is -0.137. The van der Waals surface area contributed by atoms with E-state index < -0.39 is 44.7 Å². The van der Waals surface area contributed by atoms with Crippen LogP contribution in [0.15, 0.2) is 51.9 Å². The first kappa shape index (κ1) is 20.9. The van der Waals surface area contributed by atoms with Gasteiger partial charge in [0.05, 0.1) is 11.1 Å². The first-order chi connectivity index (χ1) is 13.4. The van der Waals surface area contributed by atoms with Crippen LogP contribution < -0.4 is 5.14 Å². The molecule has 0 radical (unpaired) electrons. The van der Waals surface area contributed by atoms with Crippen molar-refractivity contribution in [1.29, 1.82) is 0 Å². The summed E-state index contributed by atoms with van der Waals surface area (Å²) < 4.78 is 106. The molecule has 2 aromatic carbocycles. The van der Waals surface area contributed by atoms with Gasteiger partial charge in [0, 0.05) is 5.56 Å². The molecule has 0 atom stereocenters. The fourth-order valence-electron chi connectivity index (χ4n) is 2.63. The highest BCUT2D eigenvalue weighted by Crippen LogP contribution is 2.40. The van der Waals surface area contributed by atoms with E-state index in [-0.39, 0.29) is 22.4 Å². The van der Waals surface area contributed by atoms with E-state index in [0.717, 1.165) is 36.4 Å². The third kappa shape index (κ3) is 4.12. The second-order valence-electron chi connectivity index (χ2n) is 5.84. The Morgan fingerprint density at radius 2 is 1.59 bits per heavy atom. The van der Waals surface area contributed by atoms with E-state index in [0.29, 0.717) is 6.07 Å². The van der Waals surface area contributed by atoms with Gasteiger partial charge >= 0.3 is 6.18 Å². The predicted molar refractivity (Wildman–Crippen MR) is 88.7 cm³/mol. The Morgan fingerprint density at radius 1 is 1.00 bits per heavy atom. The van der Waals surface area contributed by atoms with Crippen LogP contribution in [0.5, 0.6) is 0 Å². The van der Waals surface area contributed by atoms with E-state index in [1.807, 2.05) is 0 Å². The summed E-state index contributed by atoms with van der Waals surface area (Å²) in [6.45, 7) is 0. The summed E-state index contributed by atoms with van der Waals surface area (Å²) in [5.74, 6) is -2.26. The monoisotopic (exact) mass is 436 g/mol. The molecule has 154 valence electrons. The van der Waals surface area contributed by atoms with Crippen molar-refractivity contribution < 1.29 is 39.3 Å². The number of alkyl halides is 5. The van der Waals surface area contributed by atoms with Gasteiger partial charge in [-0.1, -0.05) is 23.4 Å². The van der Waals surface area contributed by atoms with Gasteiger partial charge in [-0.05, 0) is 29.8 Å². The first-order valence-corrected chi connectivity index (χ1v) is 9.22. The Bertz CT molecular complexity index is 1150. The highest BCUT2D eigenvalue weighted by Gasteiger charge is 2.31. The molecule has 1 aromatic heterocycles. The molecule has 0 saturated carbocycles. The van der Waals surface area contributed by atoms with Crippen LogP contribution in [0, 0.1) is 5.82 Å². The summed E-state index contributed by atoms with van der Waals surface area (Å²) in [6, 6.07) is 5.86. The Balaban J connectivity index is 2.17. The highest BCUT2D eigenvalue weighted by molar-refractivity contribution is 7.89. The number of halogens is 6. The molecule has 2 N–H and O–H groups in total. The maximum atomic E-state index is 14.2. The fraction of sp³-hybridized carbons (Fsp3) is 0.118. The second-order valence-corrected chi connectivity index (χ2v) is 7.37. The summed E-state index contributed by atoms with van der Waals surface area (Å²) in [5.41, 5.74) is -1.85. The summed E-state index contributed by atoms with van der Waals surface area (Å²) in [4.78, 5) is -0.854. The van der Waals surface area contributed by atoms with Gasteiger partial charge in [0.15, 0.2) is 0 Å². The molecule has 0 saturated heterocycles. The van der Waals surface area contributed by atoms with Crippen molar-refractivity contribution in [3.05, 3.63) is 59.6 Å². The topological polar surface area (TPSA) is 86.2 Å². The minimum Gasteiger partial charge on any atom is -0.354 e. The zero-order valence-corrected chi connectivity index (χ0v) is 14.9. The van der Waals surface area contributed by atoms with Gasteiger partial charge in [-0.15, -0.1) is 0 Å². The molecule has 5 nitrogen and oxygen atoms in total. The van der Waals surface area contributed by atoms with Crippen LogP contribution >= 0.6 is 0 Å². The maximum absolute atomic E-state index is 14.2. The van der Waals surface area contributed by atoms with Gasteiger partial charge < -0.3 is 4.52 Å². The minimum absolute atomic E-state index is 0.000388. The number of nitrogens with two attached hydrogens (primary N) is 1. The third-order valence-corrected chi connectivity index (χ3v) is 4.87. The molecule has 1 heterocycles. The summed E-state index contributed by atoms with van der Waals surface area (Å²) in [5, 5.41) is 8.34. The first-order valence-electron chi connectivity index (χ1n) is 7.67. The zero-order chi connectivity index (χ0) is 21.6. The molecule has 0 spiro atoms. The largest absolute Gasteiger partial charge is 0.416 e. The van der Waals surface area contributed by atoms with Gasteiger partial charge in [0.2, 0.25) is 15.8 Å². The van der Waals surface area contributed by atoms with Crippen molar-refractivity contribution in [2.75, 3.05) is 0 Å². The normalized spacial score (nSPS) is 12.6. The Labute approximate surface area is 159 Å². The van der Waals surface area contributed by atoms with Gasteiger partial charge in [0.1, 0.15) is 16.4 Å². The van der Waals surface area contributed by atoms with Crippen LogP contribution in [0.25, 0.3) is 22.4 Å². The molecule has 0 bridgehead atoms. The third-order valence-electron chi connectivity index (χ3n) is 3.93. The van der Waals surface area contributed by atoms with Crippen molar-refractivity contribution in [2.24, 2.45) is 5.14 Å². The van der Waals surface area contributed by atoms with Crippen LogP contribution in [0.2, 0.25) is 0 Å². The molecule has 0 aliphatic rings. The number of primary sulfonamides is 1. The molecule has 3 rings (SSSR count). The van der Waals surface area contributed by atoms with Crippen LogP contribution in [0.3, 0.4) is 0 Å². The lowest BCUT2D eigenvalue weighted by atomic mass is 9.98. The number of benzene rings is 2. The lowest BCUT2D eigenvalue weighted by Crippen LogP contribution is -2.14. The SMILES string of the molecule is NS(=O)(=O)c1ccc(-c2c(-c3ccc(C(F)(F)F)cc3)noc2C(F)F)cc1F. The second kappa shape index (κ2) is 7.19. The molecule has 0 fully saturated rings. The molecular weight excluding hydrogens is 426 g/mol. The Morgan fingerprint density at radius 3 is 2.07 bits per heavy atom. The van der Waals surface area contributed by atoms with E-state index in [2.05, 4.69) is 9.68 Å². The van der Waals surface area contributed by atoms with Crippen LogP contribution in [0.1, 0.15) is 17.7 Å². The summed E-state index contributed by atoms with van der Waals surface area (Å²) in [7, 11) is -4.40. The van der Waals surface area contributed by atoms with E-state index in [1.54, 1.807) is 0 Å². The quantitative estimate of drug-likeness (QED) is 0.598. The number of nitrogens with zero attached hydrogens (tertiary/aromatic N) is 1. The molecule has 0 amide bonds. The maximum Gasteiger partial charge on any atom is 0.416 e. The number of rotatable bonds is 4. The van der Waals surface area contributed by atoms with E-state index in [4.69, 9.17) is 5.14 Å². The minimum atomic E-state index is -4.61. The highest BCUT2D eigenvalue weighted by atomic mass is 32.2. The standard InChI is InChI=1S/C17H10F6N2O3S/c18-11-7-9(3-6-12(11)29(24,26)27)13-14(25-28-15(13)16(19)20)8-1-4-10(5-2-8)17(21,22)23/h1-7,16H,(H2,24,26,27). The molecule has 12 heteroatoms. The molecule has 0 aliphatic carbocycles. The van der Waals surface area contributed by atoms with Gasteiger partial charge in [-0.3, -0.25) is 0 Å². The number of hydrogen-bond acceptors (Lipinski definition) is 4. The van der Waals surface area contributed by atoms with Crippen molar-refractivity contribution >= 4 is 10.0 Å². The molecule has 0 aliphatic heterocycles. The van der Waals surface area contributed by atoms with Gasteiger partial charge in [-0.2, -0.15) is 13.2 Å². The van der Waals surface area contributed by atoms with E-state index in [1.165, 1.54) is 0 Å². The Kier molecular flexibility index (Phi) is 5.17. The van der Waals surface area contributed by atoms with E-state index in [9.17, 15) is 34.8 Å². The molecule has 0 unspecified atom stereocenters. The van der Waals surface area contributed by atoms with Gasteiger partial charge in [-0.25, -0.2) is 26.7 Å². The van der Waals surface area contributed by atoms with Crippen molar-refractivity contribution in [3.8, 4) is 22.4 Å². The zero-order valence-electron chi connectivity index (χ0n) is 14.0. The number of aromatic nitrogens is 1. The number of hydrogen-bond donors (Lipinski definition) is 1. The van der Waals surface area contributed by atoms with Crippen molar-refractivity contribution in [1.82, 2.24) is 5.16 Å². The van der Waals surface area contributed by atoms with Crippen molar-refractivity contribution in [2.45, 2.75) is 17.5 Å². The van der Waals surface area contributed by atoms with E-state index >= 15 is 0 Å². The van der Waals surface area contributed by atoms with Crippen LogP contribution in [0.4, 0.5) is 26.3 Å². The van der Waals surface area contributed by atoms with Crippen LogP contribution in [-0.4, -0.2) is 13.6 Å². The van der Waals surface area contributed by atoms with Gasteiger partial charge in [0.25, 0.3) is 6.43 Å². The summed E-state index contributed by atoms with van der Waals surface area (Å²) >= 11 is 0. The lowest BCUT2D eigenvalue weighted by Gasteiger charge is -2.09. The fourth-order valence-corrected chi connectivity index (χ4v) is 3.22. The Hall–Kier alpha value is -2.86. The number of sulfonamides is 1. The summed E-state index contributed by atoms with van der Waals surface area (Å²) in [6.07, 6.45) is -7.78. The molecule has 29 heavy (non-hydrogen) atoms. The average Bonchev–Trinajstić information content (AvgIpc) is 3.05. The smallest absolute Gasteiger partial charge is 0.354 e. The molecular formula is C17H10F6N2O3S. The molecule has 3 aromatic rings. The average molecular weight is 436 g/mol.